The molecule has 1 atom stereocenters. The minimum Gasteiger partial charge on any atom is -0.391 e. The van der Waals surface area contributed by atoms with E-state index < -0.39 is 6.10 Å². The second-order valence-corrected chi connectivity index (χ2v) is 7.35. The van der Waals surface area contributed by atoms with E-state index in [-0.39, 0.29) is 5.41 Å². The van der Waals surface area contributed by atoms with Gasteiger partial charge in [-0.3, -0.25) is 0 Å². The molecule has 0 fully saturated rings. The van der Waals surface area contributed by atoms with Gasteiger partial charge in [-0.2, -0.15) is 0 Å². The van der Waals surface area contributed by atoms with Crippen molar-refractivity contribution in [3.05, 3.63) is 54.1 Å². The predicted molar refractivity (Wildman–Crippen MR) is 94.1 cm³/mol. The molecule has 2 aromatic rings. The van der Waals surface area contributed by atoms with Gasteiger partial charge in [-0.05, 0) is 35.1 Å². The number of hydrogen-bond acceptors (Lipinski definition) is 3. The average Bonchev–Trinajstić information content (AvgIpc) is 2.46. The molecule has 0 heterocycles. The van der Waals surface area contributed by atoms with Crippen LogP contribution in [0.4, 0.5) is 0 Å². The Balaban J connectivity index is 2.38. The van der Waals surface area contributed by atoms with E-state index in [2.05, 4.69) is 57.2 Å². The van der Waals surface area contributed by atoms with Gasteiger partial charge in [-0.15, -0.1) is 0 Å². The smallest absolute Gasteiger partial charge is 0.0875 e. The molecule has 22 heavy (non-hydrogen) atoms. The van der Waals surface area contributed by atoms with E-state index in [1.807, 2.05) is 12.1 Å². The van der Waals surface area contributed by atoms with Crippen LogP contribution in [0.2, 0.25) is 0 Å². The van der Waals surface area contributed by atoms with E-state index >= 15 is 0 Å². The summed E-state index contributed by atoms with van der Waals surface area (Å²) >= 11 is 1.33. The van der Waals surface area contributed by atoms with Crippen LogP contribution in [0.15, 0.2) is 53.4 Å². The molecule has 1 N–H and O–H groups in total. The summed E-state index contributed by atoms with van der Waals surface area (Å²) in [6.07, 6.45) is -0.457. The lowest BCUT2D eigenvalue weighted by atomic mass is 9.82. The maximum atomic E-state index is 9.33. The van der Waals surface area contributed by atoms with Crippen molar-refractivity contribution >= 4 is 12.0 Å². The third kappa shape index (κ3) is 4.35. The highest BCUT2D eigenvalue weighted by Gasteiger charge is 2.19. The molecule has 0 aliphatic rings. The Morgan fingerprint density at radius 1 is 1.00 bits per heavy atom. The summed E-state index contributed by atoms with van der Waals surface area (Å²) in [6.45, 7) is 8.73. The lowest BCUT2D eigenvalue weighted by Crippen LogP contribution is -2.12. The normalized spacial score (nSPS) is 13.1. The van der Waals surface area contributed by atoms with Crippen LogP contribution in [0.25, 0.3) is 11.1 Å². The Morgan fingerprint density at radius 2 is 1.59 bits per heavy atom. The summed E-state index contributed by atoms with van der Waals surface area (Å²) in [6, 6.07) is 16.7. The monoisotopic (exact) mass is 316 g/mol. The highest BCUT2D eigenvalue weighted by molar-refractivity contribution is 7.94. The quantitative estimate of drug-likeness (QED) is 0.782. The van der Waals surface area contributed by atoms with Crippen molar-refractivity contribution in [3.8, 4) is 11.1 Å². The first kappa shape index (κ1) is 17.1. The highest BCUT2D eigenvalue weighted by atomic mass is 32.2. The summed E-state index contributed by atoms with van der Waals surface area (Å²) in [7, 11) is 0. The van der Waals surface area contributed by atoms with Crippen LogP contribution >= 0.6 is 12.0 Å². The van der Waals surface area contributed by atoms with Gasteiger partial charge >= 0.3 is 0 Å². The second kappa shape index (κ2) is 7.32. The minimum atomic E-state index is -0.457. The Kier molecular flexibility index (Phi) is 5.68. The van der Waals surface area contributed by atoms with Crippen LogP contribution < -0.4 is 0 Å². The molecule has 2 nitrogen and oxygen atoms in total. The lowest BCUT2D eigenvalue weighted by molar-refractivity contribution is 0.135. The molecule has 118 valence electrons. The van der Waals surface area contributed by atoms with Crippen LogP contribution in [0.3, 0.4) is 0 Å². The van der Waals surface area contributed by atoms with Crippen molar-refractivity contribution in [3.63, 3.8) is 0 Å². The van der Waals surface area contributed by atoms with Gasteiger partial charge in [0.15, 0.2) is 0 Å². The predicted octanol–water partition coefficient (Wildman–Crippen LogP) is 5.06. The maximum Gasteiger partial charge on any atom is 0.0875 e. The van der Waals surface area contributed by atoms with Crippen molar-refractivity contribution in [1.82, 2.24) is 0 Å². The molecule has 0 aliphatic heterocycles. The third-order valence-electron chi connectivity index (χ3n) is 3.37. The Hall–Kier alpha value is -1.29. The van der Waals surface area contributed by atoms with Gasteiger partial charge in [0.05, 0.1) is 12.7 Å². The third-order valence-corrected chi connectivity index (χ3v) is 4.16. The first-order chi connectivity index (χ1) is 10.4. The van der Waals surface area contributed by atoms with Crippen molar-refractivity contribution in [1.29, 1.82) is 0 Å². The second-order valence-electron chi connectivity index (χ2n) is 6.51. The van der Waals surface area contributed by atoms with Gasteiger partial charge in [0, 0.05) is 16.9 Å². The fourth-order valence-electron chi connectivity index (χ4n) is 2.33. The molecule has 0 aromatic heterocycles. The summed E-state index contributed by atoms with van der Waals surface area (Å²) in [5.74, 6) is 0. The largest absolute Gasteiger partial charge is 0.391 e. The molecule has 0 radical (unpaired) electrons. The number of aliphatic hydroxyl groups is 1. The van der Waals surface area contributed by atoms with Crippen LogP contribution in [0.1, 0.15) is 33.3 Å². The topological polar surface area (TPSA) is 29.5 Å². The summed E-state index contributed by atoms with van der Waals surface area (Å²) in [5.41, 5.74) is 3.80. The standard InChI is InChI=1S/C19H24O2S/c1-14(20)13-21-22-18-12-8-6-10-16(18)15-9-5-7-11-17(15)19(2,3)4/h5-12,14,20H,13H2,1-4H3. The summed E-state index contributed by atoms with van der Waals surface area (Å²) < 4.78 is 5.54. The lowest BCUT2D eigenvalue weighted by Gasteiger charge is -2.24. The van der Waals surface area contributed by atoms with E-state index in [0.717, 1.165) is 4.90 Å². The van der Waals surface area contributed by atoms with E-state index in [1.165, 1.54) is 28.7 Å². The van der Waals surface area contributed by atoms with Crippen molar-refractivity contribution < 1.29 is 9.29 Å². The van der Waals surface area contributed by atoms with Crippen LogP contribution in [-0.4, -0.2) is 17.8 Å². The number of aliphatic hydroxyl groups excluding tert-OH is 1. The van der Waals surface area contributed by atoms with E-state index in [1.54, 1.807) is 6.92 Å². The van der Waals surface area contributed by atoms with E-state index in [9.17, 15) is 5.11 Å². The molecule has 0 saturated heterocycles. The first-order valence-electron chi connectivity index (χ1n) is 7.56. The van der Waals surface area contributed by atoms with Crippen molar-refractivity contribution in [2.75, 3.05) is 6.61 Å². The molecular formula is C19H24O2S. The first-order valence-corrected chi connectivity index (χ1v) is 8.30. The molecule has 0 spiro atoms. The Labute approximate surface area is 137 Å². The fraction of sp³-hybridized carbons (Fsp3) is 0.368. The molecule has 2 aromatic carbocycles. The maximum absolute atomic E-state index is 9.33. The Bertz CT molecular complexity index is 615. The molecule has 0 aliphatic carbocycles. The SMILES string of the molecule is CC(O)COSc1ccccc1-c1ccccc1C(C)(C)C. The minimum absolute atomic E-state index is 0.0782. The zero-order valence-corrected chi connectivity index (χ0v) is 14.5. The van der Waals surface area contributed by atoms with Crippen LogP contribution in [-0.2, 0) is 9.60 Å². The van der Waals surface area contributed by atoms with Gasteiger partial charge in [0.25, 0.3) is 0 Å². The van der Waals surface area contributed by atoms with Gasteiger partial charge in [0.2, 0.25) is 0 Å². The van der Waals surface area contributed by atoms with Gasteiger partial charge in [0.1, 0.15) is 0 Å². The molecule has 0 saturated carbocycles. The van der Waals surface area contributed by atoms with Gasteiger partial charge < -0.3 is 9.29 Å². The van der Waals surface area contributed by atoms with Gasteiger partial charge in [-0.1, -0.05) is 63.2 Å². The van der Waals surface area contributed by atoms with Gasteiger partial charge in [-0.25, -0.2) is 0 Å². The number of benzene rings is 2. The summed E-state index contributed by atoms with van der Waals surface area (Å²) in [4.78, 5) is 1.07. The van der Waals surface area contributed by atoms with Crippen LogP contribution in [0.5, 0.6) is 0 Å². The van der Waals surface area contributed by atoms with Crippen molar-refractivity contribution in [2.24, 2.45) is 0 Å². The summed E-state index contributed by atoms with van der Waals surface area (Å²) in [5, 5.41) is 9.33. The van der Waals surface area contributed by atoms with E-state index in [0.29, 0.717) is 6.61 Å². The van der Waals surface area contributed by atoms with E-state index in [4.69, 9.17) is 4.18 Å². The number of rotatable bonds is 5. The number of hydrogen-bond donors (Lipinski definition) is 1. The van der Waals surface area contributed by atoms with Crippen molar-refractivity contribution in [2.45, 2.75) is 44.1 Å². The molecule has 2 rings (SSSR count). The molecule has 3 heteroatoms. The zero-order chi connectivity index (χ0) is 16.2. The molecule has 1 unspecified atom stereocenters. The Morgan fingerprint density at radius 3 is 2.23 bits per heavy atom. The molecule has 0 bridgehead atoms. The zero-order valence-electron chi connectivity index (χ0n) is 13.7. The molecule has 0 amide bonds. The van der Waals surface area contributed by atoms with Crippen LogP contribution in [0, 0.1) is 0 Å². The average molecular weight is 316 g/mol. The highest BCUT2D eigenvalue weighted by Crippen LogP contribution is 2.38. The fourth-order valence-corrected chi connectivity index (χ4v) is 3.12. The molecular weight excluding hydrogens is 292 g/mol.